The predicted molar refractivity (Wildman–Crippen MR) is 75.3 cm³/mol. The first kappa shape index (κ1) is 15.0. The van der Waals surface area contributed by atoms with E-state index in [1.807, 2.05) is 6.92 Å². The Hall–Kier alpha value is -0.890. The summed E-state index contributed by atoms with van der Waals surface area (Å²) >= 11 is 0. The third-order valence-corrected chi connectivity index (χ3v) is 5.99. The molecule has 2 aliphatic rings. The molecule has 1 aliphatic heterocycles. The van der Waals surface area contributed by atoms with E-state index in [9.17, 15) is 8.42 Å². The van der Waals surface area contributed by atoms with E-state index in [2.05, 4.69) is 4.72 Å². The van der Waals surface area contributed by atoms with Crippen molar-refractivity contribution in [2.75, 3.05) is 19.8 Å². The zero-order chi connectivity index (χ0) is 14.9. The number of hydrogen-bond donors (Lipinski definition) is 1. The fourth-order valence-electron chi connectivity index (χ4n) is 3.43. The lowest BCUT2D eigenvalue weighted by Gasteiger charge is -2.57. The normalized spacial score (nSPS) is 28.4. The Balaban J connectivity index is 1.76. The molecular formula is C14H21NO5S. The van der Waals surface area contributed by atoms with E-state index in [4.69, 9.17) is 13.9 Å². The Morgan fingerprint density at radius 3 is 2.81 bits per heavy atom. The van der Waals surface area contributed by atoms with Crippen LogP contribution in [0.1, 0.15) is 26.2 Å². The molecule has 1 aromatic heterocycles. The summed E-state index contributed by atoms with van der Waals surface area (Å²) in [6.07, 6.45) is 3.82. The van der Waals surface area contributed by atoms with E-state index >= 15 is 0 Å². The number of ether oxygens (including phenoxy) is 2. The molecular weight excluding hydrogens is 294 g/mol. The maximum Gasteiger partial charge on any atom is 0.274 e. The van der Waals surface area contributed by atoms with Gasteiger partial charge in [0, 0.05) is 31.3 Å². The van der Waals surface area contributed by atoms with Gasteiger partial charge in [0.25, 0.3) is 10.0 Å². The molecule has 1 N–H and O–H groups in total. The molecule has 21 heavy (non-hydrogen) atoms. The van der Waals surface area contributed by atoms with Crippen LogP contribution in [0.4, 0.5) is 0 Å². The van der Waals surface area contributed by atoms with Gasteiger partial charge in [-0.2, -0.15) is 0 Å². The van der Waals surface area contributed by atoms with Crippen molar-refractivity contribution in [1.82, 2.24) is 4.72 Å². The molecule has 2 fully saturated rings. The number of sulfonamides is 1. The van der Waals surface area contributed by atoms with Crippen LogP contribution in [0.25, 0.3) is 0 Å². The van der Waals surface area contributed by atoms with Crippen LogP contribution in [0, 0.1) is 5.41 Å². The number of rotatable bonds is 5. The average molecular weight is 315 g/mol. The summed E-state index contributed by atoms with van der Waals surface area (Å²) in [6, 6.07) is 2.91. The van der Waals surface area contributed by atoms with E-state index in [1.54, 1.807) is 6.07 Å². The van der Waals surface area contributed by atoms with Crippen LogP contribution >= 0.6 is 0 Å². The van der Waals surface area contributed by atoms with Crippen molar-refractivity contribution in [1.29, 1.82) is 0 Å². The van der Waals surface area contributed by atoms with Gasteiger partial charge in [-0.25, -0.2) is 13.1 Å². The van der Waals surface area contributed by atoms with E-state index in [1.165, 1.54) is 12.3 Å². The molecule has 2 atom stereocenters. The second kappa shape index (κ2) is 5.72. The summed E-state index contributed by atoms with van der Waals surface area (Å²) in [5, 5.41) is -0.0374. The molecule has 118 valence electrons. The molecule has 0 bridgehead atoms. The highest BCUT2D eigenvalue weighted by molar-refractivity contribution is 7.89. The summed E-state index contributed by atoms with van der Waals surface area (Å²) in [5.41, 5.74) is -0.145. The number of furan rings is 1. The van der Waals surface area contributed by atoms with Crippen molar-refractivity contribution < 1.29 is 22.3 Å². The van der Waals surface area contributed by atoms with Crippen molar-refractivity contribution in [2.24, 2.45) is 5.41 Å². The molecule has 0 unspecified atom stereocenters. The maximum absolute atomic E-state index is 12.3. The zero-order valence-electron chi connectivity index (χ0n) is 12.1. The smallest absolute Gasteiger partial charge is 0.274 e. The van der Waals surface area contributed by atoms with Gasteiger partial charge in [-0.1, -0.05) is 0 Å². The molecule has 6 nitrogen and oxygen atoms in total. The van der Waals surface area contributed by atoms with Gasteiger partial charge in [0.2, 0.25) is 5.09 Å². The molecule has 0 aromatic carbocycles. The minimum atomic E-state index is -3.60. The van der Waals surface area contributed by atoms with E-state index in [0.717, 1.165) is 12.8 Å². The van der Waals surface area contributed by atoms with Gasteiger partial charge in [-0.15, -0.1) is 0 Å². The van der Waals surface area contributed by atoms with Crippen LogP contribution in [0.15, 0.2) is 27.9 Å². The van der Waals surface area contributed by atoms with Gasteiger partial charge in [0.05, 0.1) is 12.4 Å². The summed E-state index contributed by atoms with van der Waals surface area (Å²) in [5.74, 6) is 0. The minimum absolute atomic E-state index is 0.0374. The Labute approximate surface area is 124 Å². The second-order valence-corrected chi connectivity index (χ2v) is 7.28. The maximum atomic E-state index is 12.3. The fraction of sp³-hybridized carbons (Fsp3) is 0.714. The first-order valence-electron chi connectivity index (χ1n) is 7.34. The predicted octanol–water partition coefficient (Wildman–Crippen LogP) is 1.53. The SMILES string of the molecule is CCO[C@H]1C[C@@H](NS(=O)(=O)c2ccco2)C12CCOCC2. The second-order valence-electron chi connectivity index (χ2n) is 5.63. The molecule has 1 saturated carbocycles. The van der Waals surface area contributed by atoms with Crippen molar-refractivity contribution in [3.05, 3.63) is 18.4 Å². The van der Waals surface area contributed by atoms with E-state index in [0.29, 0.717) is 26.2 Å². The summed E-state index contributed by atoms with van der Waals surface area (Å²) in [4.78, 5) is 0. The Morgan fingerprint density at radius 1 is 1.43 bits per heavy atom. The zero-order valence-corrected chi connectivity index (χ0v) is 12.9. The molecule has 1 aliphatic carbocycles. The van der Waals surface area contributed by atoms with Crippen LogP contribution < -0.4 is 4.72 Å². The highest BCUT2D eigenvalue weighted by Gasteiger charge is 2.57. The Kier molecular flexibility index (Phi) is 4.09. The van der Waals surface area contributed by atoms with Crippen LogP contribution in [0.2, 0.25) is 0 Å². The van der Waals surface area contributed by atoms with Crippen LogP contribution in [0.3, 0.4) is 0 Å². The standard InChI is InChI=1S/C14H21NO5S/c1-2-19-12-10-11(14(12)5-8-18-9-6-14)15-21(16,17)13-4-3-7-20-13/h3-4,7,11-12,15H,2,5-6,8-10H2,1H3/t11-,12+/m1/s1. The largest absolute Gasteiger partial charge is 0.452 e. The average Bonchev–Trinajstić information content (AvgIpc) is 3.02. The van der Waals surface area contributed by atoms with Crippen LogP contribution in [-0.2, 0) is 19.5 Å². The van der Waals surface area contributed by atoms with Crippen molar-refractivity contribution in [3.8, 4) is 0 Å². The lowest BCUT2D eigenvalue weighted by Crippen LogP contribution is -2.66. The lowest BCUT2D eigenvalue weighted by molar-refractivity contribution is -0.168. The van der Waals surface area contributed by atoms with Crippen LogP contribution in [0.5, 0.6) is 0 Å². The summed E-state index contributed by atoms with van der Waals surface area (Å²) in [7, 11) is -3.60. The molecule has 7 heteroatoms. The third-order valence-electron chi connectivity index (χ3n) is 4.63. The van der Waals surface area contributed by atoms with Gasteiger partial charge < -0.3 is 13.9 Å². The lowest BCUT2D eigenvalue weighted by atomic mass is 9.58. The minimum Gasteiger partial charge on any atom is -0.452 e. The van der Waals surface area contributed by atoms with Gasteiger partial charge >= 0.3 is 0 Å². The number of nitrogens with one attached hydrogen (secondary N) is 1. The van der Waals surface area contributed by atoms with E-state index in [-0.39, 0.29) is 22.7 Å². The molecule has 3 rings (SSSR count). The molecule has 0 radical (unpaired) electrons. The molecule has 1 spiro atoms. The topological polar surface area (TPSA) is 77.8 Å². The first-order valence-corrected chi connectivity index (χ1v) is 8.82. The van der Waals surface area contributed by atoms with Crippen molar-refractivity contribution >= 4 is 10.0 Å². The quantitative estimate of drug-likeness (QED) is 0.891. The highest BCUT2D eigenvalue weighted by Crippen LogP contribution is 2.51. The molecule has 1 saturated heterocycles. The number of hydrogen-bond acceptors (Lipinski definition) is 5. The van der Waals surface area contributed by atoms with Gasteiger partial charge in [0.15, 0.2) is 0 Å². The Bertz CT molecular complexity index is 562. The monoisotopic (exact) mass is 315 g/mol. The molecule has 0 amide bonds. The van der Waals surface area contributed by atoms with E-state index < -0.39 is 10.0 Å². The van der Waals surface area contributed by atoms with Gasteiger partial charge in [-0.05, 0) is 38.3 Å². The fourth-order valence-corrected chi connectivity index (χ4v) is 4.69. The van der Waals surface area contributed by atoms with Crippen molar-refractivity contribution in [2.45, 2.75) is 43.4 Å². The van der Waals surface area contributed by atoms with Gasteiger partial charge in [-0.3, -0.25) is 0 Å². The molecule has 2 heterocycles. The van der Waals surface area contributed by atoms with Crippen molar-refractivity contribution in [3.63, 3.8) is 0 Å². The van der Waals surface area contributed by atoms with Crippen LogP contribution in [-0.4, -0.2) is 40.4 Å². The first-order chi connectivity index (χ1) is 10.1. The van der Waals surface area contributed by atoms with Gasteiger partial charge in [0.1, 0.15) is 0 Å². The highest BCUT2D eigenvalue weighted by atomic mass is 32.2. The summed E-state index contributed by atoms with van der Waals surface area (Å²) < 4.78 is 43.6. The summed E-state index contributed by atoms with van der Waals surface area (Å²) in [6.45, 7) is 3.92. The molecule has 1 aromatic rings. The Morgan fingerprint density at radius 2 is 2.19 bits per heavy atom. The third kappa shape index (κ3) is 2.63.